The fourth-order valence-corrected chi connectivity index (χ4v) is 2.05. The normalized spacial score (nSPS) is 10.3. The number of hydrogen-bond acceptors (Lipinski definition) is 1. The number of nitrogens with one attached hydrogen (secondary N) is 2. The number of aryl methyl sites for hydroxylation is 2. The SMILES string of the molecule is CCc1cccc(CC)c1NC(=O)c1cc[nH]c1. The lowest BCUT2D eigenvalue weighted by Crippen LogP contribution is -2.14. The highest BCUT2D eigenvalue weighted by molar-refractivity contribution is 6.05. The quantitative estimate of drug-likeness (QED) is 0.848. The van der Waals surface area contributed by atoms with Crippen LogP contribution in [0.2, 0.25) is 0 Å². The van der Waals surface area contributed by atoms with Crippen molar-refractivity contribution in [1.29, 1.82) is 0 Å². The summed E-state index contributed by atoms with van der Waals surface area (Å²) in [6, 6.07) is 7.94. The molecule has 1 aromatic heterocycles. The summed E-state index contributed by atoms with van der Waals surface area (Å²) in [5, 5.41) is 3.02. The molecule has 2 rings (SSSR count). The monoisotopic (exact) mass is 242 g/mol. The number of hydrogen-bond donors (Lipinski definition) is 2. The lowest BCUT2D eigenvalue weighted by atomic mass is 10.0. The minimum atomic E-state index is -0.0631. The molecule has 1 amide bonds. The molecule has 0 spiro atoms. The first-order valence-electron chi connectivity index (χ1n) is 6.31. The molecule has 0 saturated carbocycles. The molecule has 0 saturated heterocycles. The van der Waals surface area contributed by atoms with E-state index in [0.29, 0.717) is 5.56 Å². The van der Waals surface area contributed by atoms with Crippen molar-refractivity contribution in [1.82, 2.24) is 4.98 Å². The standard InChI is InChI=1S/C15H18N2O/c1-3-11-6-5-7-12(4-2)14(11)17-15(18)13-8-9-16-10-13/h5-10,16H,3-4H2,1-2H3,(H,17,18). The van der Waals surface area contributed by atoms with Gasteiger partial charge in [-0.1, -0.05) is 32.0 Å². The Morgan fingerprint density at radius 2 is 1.83 bits per heavy atom. The van der Waals surface area contributed by atoms with E-state index in [1.165, 1.54) is 11.1 Å². The topological polar surface area (TPSA) is 44.9 Å². The van der Waals surface area contributed by atoms with Crippen LogP contribution in [0.4, 0.5) is 5.69 Å². The molecule has 18 heavy (non-hydrogen) atoms. The van der Waals surface area contributed by atoms with Crippen molar-refractivity contribution in [3.63, 3.8) is 0 Å². The Bertz CT molecular complexity index is 507. The van der Waals surface area contributed by atoms with Crippen LogP contribution in [0.5, 0.6) is 0 Å². The predicted molar refractivity (Wildman–Crippen MR) is 73.9 cm³/mol. The van der Waals surface area contributed by atoms with Crippen LogP contribution >= 0.6 is 0 Å². The van der Waals surface area contributed by atoms with Gasteiger partial charge in [-0.15, -0.1) is 0 Å². The number of anilines is 1. The second kappa shape index (κ2) is 5.54. The van der Waals surface area contributed by atoms with Crippen LogP contribution in [-0.4, -0.2) is 10.9 Å². The largest absolute Gasteiger partial charge is 0.367 e. The van der Waals surface area contributed by atoms with Gasteiger partial charge in [0.25, 0.3) is 5.91 Å². The number of aromatic nitrogens is 1. The van der Waals surface area contributed by atoms with Crippen LogP contribution in [0, 0.1) is 0 Å². The van der Waals surface area contributed by atoms with Crippen molar-refractivity contribution in [2.45, 2.75) is 26.7 Å². The third-order valence-corrected chi connectivity index (χ3v) is 3.10. The van der Waals surface area contributed by atoms with E-state index in [1.54, 1.807) is 18.5 Å². The number of rotatable bonds is 4. The van der Waals surface area contributed by atoms with Crippen molar-refractivity contribution in [2.75, 3.05) is 5.32 Å². The van der Waals surface area contributed by atoms with E-state index in [9.17, 15) is 4.79 Å². The molecule has 3 nitrogen and oxygen atoms in total. The summed E-state index contributed by atoms with van der Waals surface area (Å²) in [5.41, 5.74) is 3.98. The van der Waals surface area contributed by atoms with Gasteiger partial charge in [0.05, 0.1) is 5.56 Å². The molecule has 94 valence electrons. The molecule has 0 unspecified atom stereocenters. The van der Waals surface area contributed by atoms with Gasteiger partial charge in [0.2, 0.25) is 0 Å². The lowest BCUT2D eigenvalue weighted by molar-refractivity contribution is 0.102. The second-order valence-corrected chi connectivity index (χ2v) is 4.21. The minimum Gasteiger partial charge on any atom is -0.367 e. The highest BCUT2D eigenvalue weighted by Crippen LogP contribution is 2.23. The molecule has 3 heteroatoms. The third kappa shape index (κ3) is 2.45. The smallest absolute Gasteiger partial charge is 0.257 e. The summed E-state index contributed by atoms with van der Waals surface area (Å²) in [4.78, 5) is 15.0. The van der Waals surface area contributed by atoms with Crippen LogP contribution in [0.25, 0.3) is 0 Å². The Morgan fingerprint density at radius 1 is 1.17 bits per heavy atom. The van der Waals surface area contributed by atoms with Crippen molar-refractivity contribution in [3.05, 3.63) is 53.3 Å². The highest BCUT2D eigenvalue weighted by Gasteiger charge is 2.11. The fraction of sp³-hybridized carbons (Fsp3) is 0.267. The summed E-state index contributed by atoms with van der Waals surface area (Å²) in [7, 11) is 0. The van der Waals surface area contributed by atoms with E-state index in [2.05, 4.69) is 36.3 Å². The number of carbonyl (C=O) groups excluding carboxylic acids is 1. The van der Waals surface area contributed by atoms with E-state index in [1.807, 2.05) is 6.07 Å². The van der Waals surface area contributed by atoms with E-state index in [0.717, 1.165) is 18.5 Å². The van der Waals surface area contributed by atoms with Gasteiger partial charge in [0, 0.05) is 18.1 Å². The number of para-hydroxylation sites is 1. The zero-order valence-electron chi connectivity index (χ0n) is 10.8. The summed E-state index contributed by atoms with van der Waals surface area (Å²) < 4.78 is 0. The zero-order chi connectivity index (χ0) is 13.0. The predicted octanol–water partition coefficient (Wildman–Crippen LogP) is 3.39. The molecular formula is C15H18N2O. The zero-order valence-corrected chi connectivity index (χ0v) is 10.8. The van der Waals surface area contributed by atoms with Gasteiger partial charge in [0.15, 0.2) is 0 Å². The number of carbonyl (C=O) groups is 1. The average Bonchev–Trinajstić information content (AvgIpc) is 2.93. The Balaban J connectivity index is 2.30. The molecule has 1 heterocycles. The maximum absolute atomic E-state index is 12.1. The molecule has 0 fully saturated rings. The van der Waals surface area contributed by atoms with E-state index in [4.69, 9.17) is 0 Å². The number of aromatic amines is 1. The number of benzene rings is 1. The van der Waals surface area contributed by atoms with Gasteiger partial charge in [-0.3, -0.25) is 4.79 Å². The maximum Gasteiger partial charge on any atom is 0.257 e. The minimum absolute atomic E-state index is 0.0631. The van der Waals surface area contributed by atoms with Gasteiger partial charge in [-0.25, -0.2) is 0 Å². The summed E-state index contributed by atoms with van der Waals surface area (Å²) >= 11 is 0. The van der Waals surface area contributed by atoms with Crippen LogP contribution in [0.15, 0.2) is 36.7 Å². The molecule has 0 radical (unpaired) electrons. The Labute approximate surface area is 107 Å². The summed E-state index contributed by atoms with van der Waals surface area (Å²) in [5.74, 6) is -0.0631. The van der Waals surface area contributed by atoms with Crippen molar-refractivity contribution >= 4 is 11.6 Å². The highest BCUT2D eigenvalue weighted by atomic mass is 16.1. The van der Waals surface area contributed by atoms with Crippen molar-refractivity contribution in [2.24, 2.45) is 0 Å². The molecular weight excluding hydrogens is 224 g/mol. The first-order valence-corrected chi connectivity index (χ1v) is 6.31. The Kier molecular flexibility index (Phi) is 3.82. The van der Waals surface area contributed by atoms with Crippen LogP contribution in [0.3, 0.4) is 0 Å². The first kappa shape index (κ1) is 12.4. The average molecular weight is 242 g/mol. The molecule has 0 atom stereocenters. The van der Waals surface area contributed by atoms with Crippen LogP contribution in [-0.2, 0) is 12.8 Å². The van der Waals surface area contributed by atoms with Gasteiger partial charge < -0.3 is 10.3 Å². The Morgan fingerprint density at radius 3 is 2.33 bits per heavy atom. The summed E-state index contributed by atoms with van der Waals surface area (Å²) in [6.45, 7) is 4.20. The van der Waals surface area contributed by atoms with Gasteiger partial charge >= 0.3 is 0 Å². The third-order valence-electron chi connectivity index (χ3n) is 3.10. The van der Waals surface area contributed by atoms with Gasteiger partial charge in [-0.05, 0) is 30.0 Å². The first-order chi connectivity index (χ1) is 8.76. The van der Waals surface area contributed by atoms with Gasteiger partial charge in [-0.2, -0.15) is 0 Å². The van der Waals surface area contributed by atoms with Crippen molar-refractivity contribution in [3.8, 4) is 0 Å². The maximum atomic E-state index is 12.1. The van der Waals surface area contributed by atoms with E-state index < -0.39 is 0 Å². The van der Waals surface area contributed by atoms with Gasteiger partial charge in [0.1, 0.15) is 0 Å². The van der Waals surface area contributed by atoms with E-state index in [-0.39, 0.29) is 5.91 Å². The van der Waals surface area contributed by atoms with Crippen LogP contribution in [0.1, 0.15) is 35.3 Å². The molecule has 0 aliphatic carbocycles. The molecule has 2 N–H and O–H groups in total. The van der Waals surface area contributed by atoms with Crippen LogP contribution < -0.4 is 5.32 Å². The Hall–Kier alpha value is -2.03. The summed E-state index contributed by atoms with van der Waals surface area (Å²) in [6.07, 6.45) is 5.28. The lowest BCUT2D eigenvalue weighted by Gasteiger charge is -2.13. The number of amides is 1. The molecule has 1 aromatic carbocycles. The van der Waals surface area contributed by atoms with Crippen molar-refractivity contribution < 1.29 is 4.79 Å². The molecule has 0 aliphatic rings. The fourth-order valence-electron chi connectivity index (χ4n) is 2.05. The second-order valence-electron chi connectivity index (χ2n) is 4.21. The van der Waals surface area contributed by atoms with E-state index >= 15 is 0 Å². The molecule has 2 aromatic rings. The number of H-pyrrole nitrogens is 1. The molecule has 0 bridgehead atoms. The molecule has 0 aliphatic heterocycles.